The van der Waals surface area contributed by atoms with Crippen LogP contribution in [-0.4, -0.2) is 37.0 Å². The van der Waals surface area contributed by atoms with Crippen molar-refractivity contribution in [1.29, 1.82) is 5.26 Å². The van der Waals surface area contributed by atoms with E-state index in [0.717, 1.165) is 21.1 Å². The Morgan fingerprint density at radius 1 is 1.18 bits per heavy atom. The van der Waals surface area contributed by atoms with Gasteiger partial charge in [0.15, 0.2) is 5.78 Å². The van der Waals surface area contributed by atoms with Gasteiger partial charge in [-0.05, 0) is 36.8 Å². The van der Waals surface area contributed by atoms with E-state index in [1.165, 1.54) is 26.2 Å². The number of nitrogens with zero attached hydrogens (tertiary/aromatic N) is 3. The molecule has 0 N–H and O–H groups in total. The molecule has 0 saturated carbocycles. The van der Waals surface area contributed by atoms with Crippen LogP contribution < -0.4 is 0 Å². The molecular formula is C21H21N3O3S. The van der Waals surface area contributed by atoms with E-state index in [2.05, 4.69) is 6.07 Å². The number of carbonyl (C=O) groups excluding carboxylic acids is 1. The topological polar surface area (TPSA) is 82.7 Å². The summed E-state index contributed by atoms with van der Waals surface area (Å²) in [7, 11) is -0.724. The molecule has 0 atom stereocenters. The standard InChI is InChI=1S/C21H21N3O3S/c1-15-18(11-7-12-22)24-13-5-4-10-19(24)20(15)21(25)16-8-6-9-17(14-16)28(26,27)23(2)3/h4-6,8-10,13-14H,7,11H2,1-3H3. The van der Waals surface area contributed by atoms with Gasteiger partial charge in [0.1, 0.15) is 0 Å². The summed E-state index contributed by atoms with van der Waals surface area (Å²) in [6.45, 7) is 1.87. The largest absolute Gasteiger partial charge is 0.320 e. The number of ketones is 1. The normalized spacial score (nSPS) is 11.7. The van der Waals surface area contributed by atoms with Gasteiger partial charge < -0.3 is 4.40 Å². The fourth-order valence-corrected chi connectivity index (χ4v) is 4.27. The lowest BCUT2D eigenvalue weighted by atomic mass is 9.99. The van der Waals surface area contributed by atoms with E-state index in [0.29, 0.717) is 24.0 Å². The molecule has 0 amide bonds. The van der Waals surface area contributed by atoms with Crippen molar-refractivity contribution in [2.75, 3.05) is 14.1 Å². The Balaban J connectivity index is 2.16. The first kappa shape index (κ1) is 19.8. The van der Waals surface area contributed by atoms with Gasteiger partial charge in [0.2, 0.25) is 10.0 Å². The maximum Gasteiger partial charge on any atom is 0.242 e. The fraction of sp³-hybridized carbons (Fsp3) is 0.238. The number of sulfonamides is 1. The Morgan fingerprint density at radius 3 is 2.61 bits per heavy atom. The van der Waals surface area contributed by atoms with Crippen LogP contribution >= 0.6 is 0 Å². The summed E-state index contributed by atoms with van der Waals surface area (Å²) in [6.07, 6.45) is 2.76. The lowest BCUT2D eigenvalue weighted by Crippen LogP contribution is -2.22. The first-order chi connectivity index (χ1) is 13.3. The summed E-state index contributed by atoms with van der Waals surface area (Å²) in [5.41, 5.74) is 3.32. The summed E-state index contributed by atoms with van der Waals surface area (Å²) in [4.78, 5) is 13.4. The molecule has 0 aliphatic carbocycles. The summed E-state index contributed by atoms with van der Waals surface area (Å²) in [5, 5.41) is 8.95. The molecular weight excluding hydrogens is 374 g/mol. The molecule has 3 rings (SSSR count). The number of benzene rings is 1. The zero-order valence-electron chi connectivity index (χ0n) is 16.0. The van der Waals surface area contributed by atoms with E-state index >= 15 is 0 Å². The Morgan fingerprint density at radius 2 is 1.93 bits per heavy atom. The predicted octanol–water partition coefficient (Wildman–Crippen LogP) is 3.19. The second-order valence-corrected chi connectivity index (χ2v) is 8.86. The molecule has 6 nitrogen and oxygen atoms in total. The minimum Gasteiger partial charge on any atom is -0.320 e. The molecule has 0 aliphatic heterocycles. The highest BCUT2D eigenvalue weighted by atomic mass is 32.2. The summed E-state index contributed by atoms with van der Waals surface area (Å²) >= 11 is 0. The third kappa shape index (κ3) is 3.33. The number of carbonyl (C=O) groups is 1. The molecule has 0 radical (unpaired) electrons. The van der Waals surface area contributed by atoms with Gasteiger partial charge in [-0.1, -0.05) is 18.2 Å². The van der Waals surface area contributed by atoms with Gasteiger partial charge >= 0.3 is 0 Å². The van der Waals surface area contributed by atoms with Crippen LogP contribution in [0.3, 0.4) is 0 Å². The van der Waals surface area contributed by atoms with Gasteiger partial charge in [0, 0.05) is 44.4 Å². The van der Waals surface area contributed by atoms with Crippen LogP contribution in [0.15, 0.2) is 53.6 Å². The average molecular weight is 395 g/mol. The van der Waals surface area contributed by atoms with Crippen molar-refractivity contribution in [3.63, 3.8) is 0 Å². The third-order valence-corrected chi connectivity index (χ3v) is 6.60. The van der Waals surface area contributed by atoms with E-state index in [9.17, 15) is 13.2 Å². The fourth-order valence-electron chi connectivity index (χ4n) is 3.32. The minimum atomic E-state index is -3.63. The van der Waals surface area contributed by atoms with E-state index in [1.807, 2.05) is 35.7 Å². The van der Waals surface area contributed by atoms with Crippen molar-refractivity contribution in [2.24, 2.45) is 0 Å². The lowest BCUT2D eigenvalue weighted by molar-refractivity contribution is 0.103. The number of aryl methyl sites for hydroxylation is 1. The quantitative estimate of drug-likeness (QED) is 0.600. The first-order valence-corrected chi connectivity index (χ1v) is 10.3. The van der Waals surface area contributed by atoms with Gasteiger partial charge in [-0.3, -0.25) is 4.79 Å². The van der Waals surface area contributed by atoms with Crippen LogP contribution in [0.25, 0.3) is 5.52 Å². The number of nitriles is 1. The van der Waals surface area contributed by atoms with Crippen LogP contribution in [0.2, 0.25) is 0 Å². The molecule has 144 valence electrons. The van der Waals surface area contributed by atoms with Gasteiger partial charge in [-0.15, -0.1) is 0 Å². The molecule has 28 heavy (non-hydrogen) atoms. The molecule has 2 aromatic heterocycles. The summed E-state index contributed by atoms with van der Waals surface area (Å²) < 4.78 is 27.9. The van der Waals surface area contributed by atoms with Crippen molar-refractivity contribution < 1.29 is 13.2 Å². The lowest BCUT2D eigenvalue weighted by Gasteiger charge is -2.12. The molecule has 3 aromatic rings. The third-order valence-electron chi connectivity index (χ3n) is 4.79. The molecule has 0 saturated heterocycles. The SMILES string of the molecule is Cc1c(C(=O)c2cccc(S(=O)(=O)N(C)C)c2)c2ccccn2c1CCC#N. The molecule has 0 fully saturated rings. The van der Waals surface area contributed by atoms with Crippen LogP contribution in [0.5, 0.6) is 0 Å². The van der Waals surface area contributed by atoms with Gasteiger partial charge in [-0.2, -0.15) is 5.26 Å². The van der Waals surface area contributed by atoms with Gasteiger partial charge in [0.25, 0.3) is 0 Å². The summed E-state index contributed by atoms with van der Waals surface area (Å²) in [5.74, 6) is -0.236. The smallest absolute Gasteiger partial charge is 0.242 e. The van der Waals surface area contributed by atoms with Crippen molar-refractivity contribution in [2.45, 2.75) is 24.7 Å². The maximum absolute atomic E-state index is 13.3. The Bertz CT molecular complexity index is 1200. The number of rotatable bonds is 6. The zero-order chi connectivity index (χ0) is 20.5. The highest BCUT2D eigenvalue weighted by Crippen LogP contribution is 2.27. The van der Waals surface area contributed by atoms with Crippen LogP contribution in [0.4, 0.5) is 0 Å². The van der Waals surface area contributed by atoms with Crippen molar-refractivity contribution in [3.05, 3.63) is 71.0 Å². The molecule has 0 unspecified atom stereocenters. The zero-order valence-corrected chi connectivity index (χ0v) is 16.8. The number of hydrogen-bond donors (Lipinski definition) is 0. The second kappa shape index (κ2) is 7.58. The van der Waals surface area contributed by atoms with Crippen molar-refractivity contribution >= 4 is 21.3 Å². The number of fused-ring (bicyclic) bond motifs is 1. The highest BCUT2D eigenvalue weighted by Gasteiger charge is 2.23. The van der Waals surface area contributed by atoms with Crippen molar-refractivity contribution in [3.8, 4) is 6.07 Å². The van der Waals surface area contributed by atoms with E-state index in [4.69, 9.17) is 5.26 Å². The maximum atomic E-state index is 13.3. The van der Waals surface area contributed by atoms with Gasteiger partial charge in [0.05, 0.1) is 22.0 Å². The minimum absolute atomic E-state index is 0.0780. The van der Waals surface area contributed by atoms with E-state index in [1.54, 1.807) is 12.1 Å². The van der Waals surface area contributed by atoms with E-state index in [-0.39, 0.29) is 10.7 Å². The highest BCUT2D eigenvalue weighted by molar-refractivity contribution is 7.89. The Hall–Kier alpha value is -2.95. The van der Waals surface area contributed by atoms with Crippen LogP contribution in [0.1, 0.15) is 33.6 Å². The predicted molar refractivity (Wildman–Crippen MR) is 107 cm³/mol. The van der Waals surface area contributed by atoms with Crippen molar-refractivity contribution in [1.82, 2.24) is 8.71 Å². The molecule has 0 aliphatic rings. The average Bonchev–Trinajstić information content (AvgIpc) is 2.97. The molecule has 2 heterocycles. The molecule has 0 spiro atoms. The number of hydrogen-bond acceptors (Lipinski definition) is 4. The monoisotopic (exact) mass is 395 g/mol. The second-order valence-electron chi connectivity index (χ2n) is 6.71. The van der Waals surface area contributed by atoms with Crippen LogP contribution in [-0.2, 0) is 16.4 Å². The molecule has 7 heteroatoms. The molecule has 1 aromatic carbocycles. The van der Waals surface area contributed by atoms with Gasteiger partial charge in [-0.25, -0.2) is 12.7 Å². The van der Waals surface area contributed by atoms with E-state index < -0.39 is 10.0 Å². The Kier molecular flexibility index (Phi) is 5.36. The number of aromatic nitrogens is 1. The first-order valence-electron chi connectivity index (χ1n) is 8.81. The summed E-state index contributed by atoms with van der Waals surface area (Å²) in [6, 6.07) is 13.8. The molecule has 0 bridgehead atoms. The van der Waals surface area contributed by atoms with Crippen LogP contribution in [0, 0.1) is 18.3 Å². The Labute approximate surface area is 164 Å². The number of pyridine rings is 1.